The van der Waals surface area contributed by atoms with E-state index < -0.39 is 0 Å². The smallest absolute Gasteiger partial charge is 0.134 e. The van der Waals surface area contributed by atoms with Gasteiger partial charge >= 0.3 is 0 Å². The number of benzene rings is 1. The maximum Gasteiger partial charge on any atom is 0.134 e. The van der Waals surface area contributed by atoms with Crippen LogP contribution in [0.2, 0.25) is 0 Å². The van der Waals surface area contributed by atoms with Gasteiger partial charge in [0.1, 0.15) is 12.0 Å². The van der Waals surface area contributed by atoms with E-state index in [1.54, 1.807) is 12.1 Å². The lowest BCUT2D eigenvalue weighted by Gasteiger charge is -2.35. The highest BCUT2D eigenvalue weighted by atomic mass is 35.5. The van der Waals surface area contributed by atoms with Gasteiger partial charge in [0, 0.05) is 12.0 Å². The minimum atomic E-state index is -0.0925. The summed E-state index contributed by atoms with van der Waals surface area (Å²) in [4.78, 5) is 0. The van der Waals surface area contributed by atoms with E-state index in [0.29, 0.717) is 0 Å². The molecule has 0 aliphatic carbocycles. The van der Waals surface area contributed by atoms with Gasteiger partial charge in [-0.05, 0) is 17.7 Å². The van der Waals surface area contributed by atoms with Crippen molar-refractivity contribution in [2.45, 2.75) is 20.1 Å². The zero-order valence-electron chi connectivity index (χ0n) is 9.56. The van der Waals surface area contributed by atoms with E-state index in [4.69, 9.17) is 4.74 Å². The molecule has 0 radical (unpaired) electrons. The Hall–Kier alpha value is -0.770. The van der Waals surface area contributed by atoms with Gasteiger partial charge in [-0.25, -0.2) is 0 Å². The van der Waals surface area contributed by atoms with E-state index >= 15 is 0 Å². The monoisotopic (exact) mass is 243 g/mol. The molecule has 1 atom stereocenters. The molecule has 1 aromatic carbocycles. The first-order chi connectivity index (χ1) is 7.07. The van der Waals surface area contributed by atoms with Crippen LogP contribution in [0, 0.1) is 5.41 Å². The predicted octanol–water partition coefficient (Wildman–Crippen LogP) is 2.46. The highest BCUT2D eigenvalue weighted by Crippen LogP contribution is 2.27. The van der Waals surface area contributed by atoms with Crippen LogP contribution < -0.4 is 5.32 Å². The summed E-state index contributed by atoms with van der Waals surface area (Å²) in [5.41, 5.74) is 1.17. The Kier molecular flexibility index (Phi) is 4.19. The van der Waals surface area contributed by atoms with Gasteiger partial charge in [-0.1, -0.05) is 26.0 Å². The molecule has 0 aromatic heterocycles. The summed E-state index contributed by atoms with van der Waals surface area (Å²) in [6.45, 7) is 5.99. The number of rotatable bonds is 1. The Bertz CT molecular complexity index is 345. The fourth-order valence-corrected chi connectivity index (χ4v) is 1.69. The second kappa shape index (κ2) is 5.04. The van der Waals surface area contributed by atoms with E-state index in [2.05, 4.69) is 19.2 Å². The number of aromatic hydroxyl groups is 1. The topological polar surface area (TPSA) is 41.5 Å². The van der Waals surface area contributed by atoms with Crippen molar-refractivity contribution in [1.82, 2.24) is 5.32 Å². The van der Waals surface area contributed by atoms with Gasteiger partial charge in [0.15, 0.2) is 0 Å². The Morgan fingerprint density at radius 3 is 2.75 bits per heavy atom. The number of halogens is 1. The van der Waals surface area contributed by atoms with Gasteiger partial charge in [0.2, 0.25) is 0 Å². The Balaban J connectivity index is 0.00000128. The largest absolute Gasteiger partial charge is 0.508 e. The number of hydrogen-bond acceptors (Lipinski definition) is 3. The van der Waals surface area contributed by atoms with Gasteiger partial charge in [-0.15, -0.1) is 12.4 Å². The standard InChI is InChI=1S/C12H17NO2.ClH/c1-12(2)7-13-11(15-8-12)9-4-3-5-10(14)6-9;/h3-6,11,13-14H,7-8H2,1-2H3;1H. The maximum absolute atomic E-state index is 9.36. The Morgan fingerprint density at radius 1 is 1.44 bits per heavy atom. The number of nitrogens with one attached hydrogen (secondary N) is 1. The van der Waals surface area contributed by atoms with Crippen molar-refractivity contribution in [2.75, 3.05) is 13.2 Å². The number of phenols is 1. The third-order valence-electron chi connectivity index (χ3n) is 2.58. The van der Waals surface area contributed by atoms with E-state index in [-0.39, 0.29) is 29.8 Å². The zero-order chi connectivity index (χ0) is 10.9. The molecule has 1 aliphatic heterocycles. The Morgan fingerprint density at radius 2 is 2.19 bits per heavy atom. The van der Waals surface area contributed by atoms with Crippen molar-refractivity contribution < 1.29 is 9.84 Å². The van der Waals surface area contributed by atoms with Crippen molar-refractivity contribution in [3.8, 4) is 5.75 Å². The molecule has 1 unspecified atom stereocenters. The summed E-state index contributed by atoms with van der Waals surface area (Å²) in [6, 6.07) is 7.18. The molecule has 1 fully saturated rings. The first kappa shape index (κ1) is 13.3. The molecule has 1 aromatic rings. The second-order valence-electron chi connectivity index (χ2n) is 4.83. The van der Waals surface area contributed by atoms with Crippen LogP contribution in [0.15, 0.2) is 24.3 Å². The molecule has 0 amide bonds. The van der Waals surface area contributed by atoms with Crippen molar-refractivity contribution >= 4 is 12.4 Å². The van der Waals surface area contributed by atoms with E-state index in [1.807, 2.05) is 12.1 Å². The maximum atomic E-state index is 9.36. The minimum Gasteiger partial charge on any atom is -0.508 e. The van der Waals surface area contributed by atoms with E-state index in [1.165, 1.54) is 0 Å². The molecule has 2 N–H and O–H groups in total. The van der Waals surface area contributed by atoms with Crippen LogP contribution in [0.1, 0.15) is 25.6 Å². The third-order valence-corrected chi connectivity index (χ3v) is 2.58. The molecule has 0 spiro atoms. The highest BCUT2D eigenvalue weighted by Gasteiger charge is 2.27. The lowest BCUT2D eigenvalue weighted by atomic mass is 9.93. The van der Waals surface area contributed by atoms with Gasteiger partial charge in [-0.3, -0.25) is 5.32 Å². The molecule has 1 heterocycles. The zero-order valence-corrected chi connectivity index (χ0v) is 10.4. The molecule has 0 saturated carbocycles. The lowest BCUT2D eigenvalue weighted by molar-refractivity contribution is -0.0595. The summed E-state index contributed by atoms with van der Waals surface area (Å²) in [6.07, 6.45) is -0.0925. The third kappa shape index (κ3) is 3.11. The SMILES string of the molecule is CC1(C)CNC(c2cccc(O)c2)OC1.Cl. The van der Waals surface area contributed by atoms with Crippen LogP contribution in [0.3, 0.4) is 0 Å². The summed E-state index contributed by atoms with van der Waals surface area (Å²) < 4.78 is 5.71. The first-order valence-corrected chi connectivity index (χ1v) is 5.21. The molecule has 0 bridgehead atoms. The average Bonchev–Trinajstić information content (AvgIpc) is 2.17. The first-order valence-electron chi connectivity index (χ1n) is 5.21. The molecule has 1 saturated heterocycles. The number of ether oxygens (including phenoxy) is 1. The normalized spacial score (nSPS) is 23.5. The summed E-state index contributed by atoms with van der Waals surface area (Å²) in [7, 11) is 0. The van der Waals surface area contributed by atoms with Crippen LogP contribution in [-0.4, -0.2) is 18.3 Å². The second-order valence-corrected chi connectivity index (χ2v) is 4.83. The molecule has 4 heteroatoms. The predicted molar refractivity (Wildman–Crippen MR) is 65.8 cm³/mol. The van der Waals surface area contributed by atoms with Gasteiger partial charge in [0.25, 0.3) is 0 Å². The molecule has 16 heavy (non-hydrogen) atoms. The molecule has 1 aliphatic rings. The van der Waals surface area contributed by atoms with Gasteiger partial charge < -0.3 is 9.84 Å². The van der Waals surface area contributed by atoms with Crippen LogP contribution in [0.25, 0.3) is 0 Å². The lowest BCUT2D eigenvalue weighted by Crippen LogP contribution is -2.42. The highest BCUT2D eigenvalue weighted by molar-refractivity contribution is 5.85. The van der Waals surface area contributed by atoms with Crippen LogP contribution in [0.5, 0.6) is 5.75 Å². The average molecular weight is 244 g/mol. The Labute approximate surface area is 102 Å². The minimum absolute atomic E-state index is 0. The molecular weight excluding hydrogens is 226 g/mol. The van der Waals surface area contributed by atoms with E-state index in [9.17, 15) is 5.11 Å². The molecular formula is C12H18ClNO2. The molecule has 3 nitrogen and oxygen atoms in total. The van der Waals surface area contributed by atoms with Crippen LogP contribution in [-0.2, 0) is 4.74 Å². The number of phenolic OH excluding ortho intramolecular Hbond substituents is 1. The molecule has 90 valence electrons. The molecule has 2 rings (SSSR count). The fraction of sp³-hybridized carbons (Fsp3) is 0.500. The van der Waals surface area contributed by atoms with Gasteiger partial charge in [-0.2, -0.15) is 0 Å². The van der Waals surface area contributed by atoms with E-state index in [0.717, 1.165) is 18.7 Å². The quantitative estimate of drug-likeness (QED) is 0.796. The van der Waals surface area contributed by atoms with Crippen molar-refractivity contribution in [2.24, 2.45) is 5.41 Å². The van der Waals surface area contributed by atoms with Crippen molar-refractivity contribution in [3.05, 3.63) is 29.8 Å². The van der Waals surface area contributed by atoms with Crippen molar-refractivity contribution in [3.63, 3.8) is 0 Å². The van der Waals surface area contributed by atoms with Crippen LogP contribution >= 0.6 is 12.4 Å². The van der Waals surface area contributed by atoms with Crippen molar-refractivity contribution in [1.29, 1.82) is 0 Å². The van der Waals surface area contributed by atoms with Gasteiger partial charge in [0.05, 0.1) is 6.61 Å². The van der Waals surface area contributed by atoms with Crippen LogP contribution in [0.4, 0.5) is 0 Å². The fourth-order valence-electron chi connectivity index (χ4n) is 1.69. The summed E-state index contributed by atoms with van der Waals surface area (Å²) in [5.74, 6) is 0.280. The summed E-state index contributed by atoms with van der Waals surface area (Å²) >= 11 is 0. The number of hydrogen-bond donors (Lipinski definition) is 2. The summed E-state index contributed by atoms with van der Waals surface area (Å²) in [5, 5.41) is 12.7.